The lowest BCUT2D eigenvalue weighted by atomic mass is 9.96. The number of benzene rings is 1. The highest BCUT2D eigenvalue weighted by Crippen LogP contribution is 2.33. The quantitative estimate of drug-likeness (QED) is 0.602. The molecular weight excluding hydrogens is 192 g/mol. The Balaban J connectivity index is 1.88. The third kappa shape index (κ3) is 3.10. The lowest BCUT2D eigenvalue weighted by Gasteiger charge is -2.10. The molecule has 1 aromatic carbocycles. The smallest absolute Gasteiger partial charge is 0.0162 e. The Morgan fingerprint density at radius 1 is 1.00 bits per heavy atom. The summed E-state index contributed by atoms with van der Waals surface area (Å²) in [7, 11) is 0. The van der Waals surface area contributed by atoms with E-state index in [1.807, 2.05) is 0 Å². The molecule has 0 aromatic heterocycles. The molecule has 16 heavy (non-hydrogen) atoms. The van der Waals surface area contributed by atoms with Crippen molar-refractivity contribution in [3.05, 3.63) is 35.4 Å². The summed E-state index contributed by atoms with van der Waals surface area (Å²) in [5.41, 5.74) is 3.10. The van der Waals surface area contributed by atoms with Crippen molar-refractivity contribution < 1.29 is 0 Å². The maximum Gasteiger partial charge on any atom is -0.0162 e. The summed E-state index contributed by atoms with van der Waals surface area (Å²) in [4.78, 5) is 0. The molecule has 0 spiro atoms. The van der Waals surface area contributed by atoms with Crippen LogP contribution in [0.4, 0.5) is 0 Å². The van der Waals surface area contributed by atoms with Crippen molar-refractivity contribution in [3.63, 3.8) is 0 Å². The monoisotopic (exact) mass is 216 g/mol. The van der Waals surface area contributed by atoms with Crippen LogP contribution in [0.25, 0.3) is 0 Å². The van der Waals surface area contributed by atoms with Gasteiger partial charge in [-0.15, -0.1) is 0 Å². The summed E-state index contributed by atoms with van der Waals surface area (Å²) in [5.74, 6) is 0.865. The van der Waals surface area contributed by atoms with Crippen LogP contribution in [0.1, 0.15) is 68.9 Å². The largest absolute Gasteiger partial charge is 0.0654 e. The van der Waals surface area contributed by atoms with Crippen molar-refractivity contribution in [2.24, 2.45) is 0 Å². The lowest BCUT2D eigenvalue weighted by molar-refractivity contribution is 0.711. The predicted molar refractivity (Wildman–Crippen MR) is 70.9 cm³/mol. The molecule has 1 saturated carbocycles. The average molecular weight is 216 g/mol. The van der Waals surface area contributed by atoms with Crippen molar-refractivity contribution in [3.8, 4) is 0 Å². The van der Waals surface area contributed by atoms with Crippen LogP contribution in [0.15, 0.2) is 24.3 Å². The van der Waals surface area contributed by atoms with Crippen molar-refractivity contribution in [2.45, 2.75) is 64.2 Å². The predicted octanol–water partition coefficient (Wildman–Crippen LogP) is 5.08. The molecule has 1 aromatic rings. The molecule has 88 valence electrons. The van der Waals surface area contributed by atoms with Crippen LogP contribution in [0.5, 0.6) is 0 Å². The molecule has 0 nitrogen and oxygen atoms in total. The van der Waals surface area contributed by atoms with Gasteiger partial charge in [0.15, 0.2) is 0 Å². The fourth-order valence-corrected chi connectivity index (χ4v) is 2.79. The Kier molecular flexibility index (Phi) is 4.44. The Hall–Kier alpha value is -0.780. The Morgan fingerprint density at radius 2 is 1.69 bits per heavy atom. The normalized spacial score (nSPS) is 16.8. The molecule has 1 aliphatic rings. The fraction of sp³-hybridized carbons (Fsp3) is 0.625. The minimum atomic E-state index is 0.865. The standard InChI is InChI=1S/C16H24/c1-2-3-4-7-14-10-12-16(13-11-14)15-8-5-6-9-15/h10-13,15H,2-9H2,1H3. The van der Waals surface area contributed by atoms with Gasteiger partial charge in [0.05, 0.1) is 0 Å². The van der Waals surface area contributed by atoms with E-state index < -0.39 is 0 Å². The molecule has 0 saturated heterocycles. The van der Waals surface area contributed by atoms with Crippen molar-refractivity contribution >= 4 is 0 Å². The first-order valence-corrected chi connectivity index (χ1v) is 6.99. The van der Waals surface area contributed by atoms with E-state index in [0.717, 1.165) is 5.92 Å². The van der Waals surface area contributed by atoms with Crippen LogP contribution < -0.4 is 0 Å². The van der Waals surface area contributed by atoms with Gasteiger partial charge in [-0.1, -0.05) is 56.9 Å². The molecule has 0 heterocycles. The highest BCUT2D eigenvalue weighted by atomic mass is 14.2. The van der Waals surface area contributed by atoms with Gasteiger partial charge in [0.25, 0.3) is 0 Å². The van der Waals surface area contributed by atoms with E-state index in [1.165, 1.54) is 56.9 Å². The summed E-state index contributed by atoms with van der Waals surface area (Å²) in [6.45, 7) is 2.27. The highest BCUT2D eigenvalue weighted by molar-refractivity contribution is 5.26. The van der Waals surface area contributed by atoms with Crippen LogP contribution >= 0.6 is 0 Å². The summed E-state index contributed by atoms with van der Waals surface area (Å²) < 4.78 is 0. The van der Waals surface area contributed by atoms with E-state index in [4.69, 9.17) is 0 Å². The molecule has 0 amide bonds. The molecular formula is C16H24. The first-order valence-electron chi connectivity index (χ1n) is 6.99. The fourth-order valence-electron chi connectivity index (χ4n) is 2.79. The molecule has 0 radical (unpaired) electrons. The van der Waals surface area contributed by atoms with Gasteiger partial charge >= 0.3 is 0 Å². The maximum absolute atomic E-state index is 2.37. The van der Waals surface area contributed by atoms with Gasteiger partial charge < -0.3 is 0 Å². The zero-order valence-corrected chi connectivity index (χ0v) is 10.5. The van der Waals surface area contributed by atoms with E-state index in [1.54, 1.807) is 5.56 Å². The van der Waals surface area contributed by atoms with Gasteiger partial charge in [0.1, 0.15) is 0 Å². The summed E-state index contributed by atoms with van der Waals surface area (Å²) in [6.07, 6.45) is 11.0. The van der Waals surface area contributed by atoms with E-state index in [0.29, 0.717) is 0 Å². The zero-order chi connectivity index (χ0) is 11.2. The van der Waals surface area contributed by atoms with Crippen LogP contribution in [0.2, 0.25) is 0 Å². The first kappa shape index (κ1) is 11.7. The molecule has 0 aliphatic heterocycles. The molecule has 0 bridgehead atoms. The Bertz CT molecular complexity index is 290. The minimum Gasteiger partial charge on any atom is -0.0654 e. The van der Waals surface area contributed by atoms with Gasteiger partial charge in [-0.05, 0) is 42.7 Å². The summed E-state index contributed by atoms with van der Waals surface area (Å²) in [6, 6.07) is 9.45. The molecule has 1 aliphatic carbocycles. The van der Waals surface area contributed by atoms with E-state index in [9.17, 15) is 0 Å². The van der Waals surface area contributed by atoms with Crippen LogP contribution in [-0.2, 0) is 6.42 Å². The van der Waals surface area contributed by atoms with Crippen LogP contribution in [0.3, 0.4) is 0 Å². The van der Waals surface area contributed by atoms with Crippen LogP contribution in [-0.4, -0.2) is 0 Å². The summed E-state index contributed by atoms with van der Waals surface area (Å²) in [5, 5.41) is 0. The minimum absolute atomic E-state index is 0.865. The molecule has 2 rings (SSSR count). The van der Waals surface area contributed by atoms with Gasteiger partial charge in [-0.3, -0.25) is 0 Å². The SMILES string of the molecule is CCCCCc1ccc(C2CCCC2)cc1. The number of hydrogen-bond acceptors (Lipinski definition) is 0. The first-order chi connectivity index (χ1) is 7.90. The molecule has 1 fully saturated rings. The average Bonchev–Trinajstić information content (AvgIpc) is 2.84. The van der Waals surface area contributed by atoms with E-state index in [2.05, 4.69) is 31.2 Å². The topological polar surface area (TPSA) is 0 Å². The zero-order valence-electron chi connectivity index (χ0n) is 10.5. The molecule has 0 N–H and O–H groups in total. The number of rotatable bonds is 5. The second-order valence-electron chi connectivity index (χ2n) is 5.18. The third-order valence-corrected chi connectivity index (χ3v) is 3.88. The van der Waals surface area contributed by atoms with Gasteiger partial charge in [-0.2, -0.15) is 0 Å². The van der Waals surface area contributed by atoms with Crippen molar-refractivity contribution in [2.75, 3.05) is 0 Å². The number of aryl methyl sites for hydroxylation is 1. The van der Waals surface area contributed by atoms with Crippen molar-refractivity contribution in [1.29, 1.82) is 0 Å². The highest BCUT2D eigenvalue weighted by Gasteiger charge is 2.16. The Labute approximate surface area is 100 Å². The van der Waals surface area contributed by atoms with Gasteiger partial charge in [-0.25, -0.2) is 0 Å². The summed E-state index contributed by atoms with van der Waals surface area (Å²) >= 11 is 0. The third-order valence-electron chi connectivity index (χ3n) is 3.88. The van der Waals surface area contributed by atoms with E-state index >= 15 is 0 Å². The maximum atomic E-state index is 2.37. The second-order valence-corrected chi connectivity index (χ2v) is 5.18. The van der Waals surface area contributed by atoms with Crippen LogP contribution in [0, 0.1) is 0 Å². The molecule has 0 atom stereocenters. The van der Waals surface area contributed by atoms with Gasteiger partial charge in [0, 0.05) is 0 Å². The number of hydrogen-bond donors (Lipinski definition) is 0. The van der Waals surface area contributed by atoms with Gasteiger partial charge in [0.2, 0.25) is 0 Å². The molecule has 0 unspecified atom stereocenters. The van der Waals surface area contributed by atoms with E-state index in [-0.39, 0.29) is 0 Å². The second kappa shape index (κ2) is 6.08. The molecule has 0 heteroatoms. The number of unbranched alkanes of at least 4 members (excludes halogenated alkanes) is 2. The Morgan fingerprint density at radius 3 is 2.31 bits per heavy atom. The lowest BCUT2D eigenvalue weighted by Crippen LogP contribution is -1.93. The van der Waals surface area contributed by atoms with Crippen molar-refractivity contribution in [1.82, 2.24) is 0 Å².